The minimum Gasteiger partial charge on any atom is -0.268 e. The van der Waals surface area contributed by atoms with Crippen molar-refractivity contribution in [3.05, 3.63) is 65.7 Å². The van der Waals surface area contributed by atoms with Gasteiger partial charge in [-0.3, -0.25) is 4.68 Å². The highest BCUT2D eigenvalue weighted by Gasteiger charge is 2.27. The van der Waals surface area contributed by atoms with Gasteiger partial charge in [-0.15, -0.1) is 0 Å². The van der Waals surface area contributed by atoms with Crippen molar-refractivity contribution in [1.29, 1.82) is 0 Å². The van der Waals surface area contributed by atoms with Crippen LogP contribution in [0.25, 0.3) is 10.9 Å². The van der Waals surface area contributed by atoms with Crippen molar-refractivity contribution >= 4 is 27.7 Å². The molecule has 0 saturated carbocycles. The second-order valence-electron chi connectivity index (χ2n) is 5.78. The molecule has 1 unspecified atom stereocenters. The number of aryl methyl sites for hydroxylation is 1. The van der Waals surface area contributed by atoms with Gasteiger partial charge in [-0.2, -0.15) is 10.2 Å². The maximum atomic E-state index is 15.0. The van der Waals surface area contributed by atoms with E-state index in [0.29, 0.717) is 16.9 Å². The van der Waals surface area contributed by atoms with Crippen LogP contribution >= 0.6 is 11.6 Å². The van der Waals surface area contributed by atoms with Gasteiger partial charge in [-0.25, -0.2) is 13.8 Å². The maximum Gasteiger partial charge on any atom is 0.150 e. The number of nitrogens with zero attached hydrogens (tertiary/aromatic N) is 4. The van der Waals surface area contributed by atoms with E-state index in [1.165, 1.54) is 22.0 Å². The largest absolute Gasteiger partial charge is 0.268 e. The van der Waals surface area contributed by atoms with Crippen LogP contribution < -0.4 is 0 Å². The Hall–Kier alpha value is -2.47. The zero-order chi connectivity index (χ0) is 18.3. The van der Waals surface area contributed by atoms with Gasteiger partial charge in [0.1, 0.15) is 16.8 Å². The molecule has 1 aromatic heterocycles. The highest BCUT2D eigenvalue weighted by Crippen LogP contribution is 2.36. The van der Waals surface area contributed by atoms with Crippen molar-refractivity contribution in [2.75, 3.05) is 0 Å². The van der Waals surface area contributed by atoms with Crippen LogP contribution in [0.3, 0.4) is 0 Å². The second-order valence-corrected chi connectivity index (χ2v) is 6.17. The lowest BCUT2D eigenvalue weighted by atomic mass is 9.94. The number of hydrogen-bond acceptors (Lipinski definition) is 3. The molecule has 2 aromatic rings. The first-order valence-corrected chi connectivity index (χ1v) is 8.10. The molecule has 0 bridgehead atoms. The number of benzene rings is 1. The van der Waals surface area contributed by atoms with Crippen LogP contribution in [0.1, 0.15) is 25.3 Å². The SMILES string of the molecule is C=C1C=CC(Cl)=NN1C(=CC)C(C)c1c(F)cc2c(cnn2C)c1F. The van der Waals surface area contributed by atoms with Gasteiger partial charge in [0.05, 0.1) is 22.8 Å². The second kappa shape index (κ2) is 6.44. The number of hydrazone groups is 1. The average molecular weight is 363 g/mol. The van der Waals surface area contributed by atoms with Gasteiger partial charge in [0, 0.05) is 30.3 Å². The Labute approximate surface area is 149 Å². The summed E-state index contributed by atoms with van der Waals surface area (Å²) in [7, 11) is 1.64. The van der Waals surface area contributed by atoms with Crippen LogP contribution in [0.4, 0.5) is 8.78 Å². The van der Waals surface area contributed by atoms with Gasteiger partial charge < -0.3 is 0 Å². The summed E-state index contributed by atoms with van der Waals surface area (Å²) in [6.45, 7) is 7.40. The Balaban J connectivity index is 2.11. The number of rotatable bonds is 3. The molecule has 130 valence electrons. The first kappa shape index (κ1) is 17.4. The third kappa shape index (κ3) is 2.87. The van der Waals surface area contributed by atoms with Gasteiger partial charge in [-0.1, -0.05) is 31.2 Å². The molecular weight excluding hydrogens is 346 g/mol. The predicted molar refractivity (Wildman–Crippen MR) is 96.2 cm³/mol. The van der Waals surface area contributed by atoms with Crippen LogP contribution in [0.15, 0.2) is 53.6 Å². The molecule has 1 aliphatic rings. The molecule has 4 nitrogen and oxygen atoms in total. The minimum atomic E-state index is -0.631. The summed E-state index contributed by atoms with van der Waals surface area (Å²) in [6.07, 6.45) is 6.45. The van der Waals surface area contributed by atoms with Gasteiger partial charge in [0.25, 0.3) is 0 Å². The lowest BCUT2D eigenvalue weighted by Gasteiger charge is -2.29. The summed E-state index contributed by atoms with van der Waals surface area (Å²) in [5.41, 5.74) is 1.50. The van der Waals surface area contributed by atoms with E-state index < -0.39 is 17.6 Å². The topological polar surface area (TPSA) is 33.4 Å². The van der Waals surface area contributed by atoms with E-state index in [9.17, 15) is 8.78 Å². The zero-order valence-electron chi connectivity index (χ0n) is 14.1. The molecule has 0 N–H and O–H groups in total. The summed E-state index contributed by atoms with van der Waals surface area (Å²) in [4.78, 5) is 0. The molecule has 0 fully saturated rings. The first-order valence-electron chi connectivity index (χ1n) is 7.72. The summed E-state index contributed by atoms with van der Waals surface area (Å²) in [5.74, 6) is -1.86. The van der Waals surface area contributed by atoms with E-state index in [1.54, 1.807) is 39.1 Å². The highest BCUT2D eigenvalue weighted by atomic mass is 35.5. The summed E-state index contributed by atoms with van der Waals surface area (Å²) < 4.78 is 31.1. The number of fused-ring (bicyclic) bond motifs is 1. The summed E-state index contributed by atoms with van der Waals surface area (Å²) >= 11 is 5.97. The van der Waals surface area contributed by atoms with E-state index in [4.69, 9.17) is 11.6 Å². The highest BCUT2D eigenvalue weighted by molar-refractivity contribution is 6.68. The molecule has 2 heterocycles. The Morgan fingerprint density at radius 1 is 1.36 bits per heavy atom. The molecule has 1 aliphatic heterocycles. The quantitative estimate of drug-likeness (QED) is 0.786. The average Bonchev–Trinajstić information content (AvgIpc) is 2.93. The fourth-order valence-electron chi connectivity index (χ4n) is 2.99. The molecule has 0 amide bonds. The van der Waals surface area contributed by atoms with Crippen molar-refractivity contribution in [3.63, 3.8) is 0 Å². The van der Waals surface area contributed by atoms with Gasteiger partial charge in [0.2, 0.25) is 0 Å². The summed E-state index contributed by atoms with van der Waals surface area (Å²) in [6, 6.07) is 1.30. The van der Waals surface area contributed by atoms with E-state index in [1.807, 2.05) is 0 Å². The van der Waals surface area contributed by atoms with Crippen molar-refractivity contribution < 1.29 is 8.78 Å². The lowest BCUT2D eigenvalue weighted by molar-refractivity contribution is 0.424. The molecule has 0 radical (unpaired) electrons. The first-order chi connectivity index (χ1) is 11.8. The Morgan fingerprint density at radius 2 is 2.08 bits per heavy atom. The van der Waals surface area contributed by atoms with Gasteiger partial charge in [-0.05, 0) is 19.1 Å². The Bertz CT molecular complexity index is 956. The molecule has 1 aromatic carbocycles. The van der Waals surface area contributed by atoms with Crippen LogP contribution in [-0.2, 0) is 7.05 Å². The standard InChI is InChI=1S/C18H17ClF2N4/c1-5-14(25-10(2)6-7-16(19)23-25)11(3)17-13(20)8-15-12(18(17)21)9-22-24(15)4/h5-9,11H,2H2,1,3-4H3. The molecule has 0 saturated heterocycles. The van der Waals surface area contributed by atoms with E-state index in [2.05, 4.69) is 16.8 Å². The normalized spacial score (nSPS) is 16.6. The van der Waals surface area contributed by atoms with Gasteiger partial charge in [0.15, 0.2) is 0 Å². The van der Waals surface area contributed by atoms with Gasteiger partial charge >= 0.3 is 0 Å². The Kier molecular flexibility index (Phi) is 4.47. The molecule has 0 spiro atoms. The third-order valence-electron chi connectivity index (χ3n) is 4.28. The lowest BCUT2D eigenvalue weighted by Crippen LogP contribution is -2.23. The van der Waals surface area contributed by atoms with Crippen LogP contribution in [0.2, 0.25) is 0 Å². The number of allylic oxidation sites excluding steroid dienone is 4. The molecular formula is C18H17ClF2N4. The zero-order valence-corrected chi connectivity index (χ0v) is 14.8. The van der Waals surface area contributed by atoms with Crippen LogP contribution in [0, 0.1) is 11.6 Å². The van der Waals surface area contributed by atoms with Crippen molar-refractivity contribution in [1.82, 2.24) is 14.8 Å². The smallest absolute Gasteiger partial charge is 0.150 e. The monoisotopic (exact) mass is 362 g/mol. The van der Waals surface area contributed by atoms with Crippen LogP contribution in [-0.4, -0.2) is 20.0 Å². The molecule has 0 aliphatic carbocycles. The van der Waals surface area contributed by atoms with Crippen LogP contribution in [0.5, 0.6) is 0 Å². The molecule has 25 heavy (non-hydrogen) atoms. The summed E-state index contributed by atoms with van der Waals surface area (Å²) in [5, 5.41) is 10.2. The third-order valence-corrected chi connectivity index (χ3v) is 4.48. The van der Waals surface area contributed by atoms with Crippen molar-refractivity contribution in [2.24, 2.45) is 12.1 Å². The number of aromatic nitrogens is 2. The van der Waals surface area contributed by atoms with Crippen molar-refractivity contribution in [3.8, 4) is 0 Å². The Morgan fingerprint density at radius 3 is 2.76 bits per heavy atom. The number of hydrogen-bond donors (Lipinski definition) is 0. The van der Waals surface area contributed by atoms with Crippen molar-refractivity contribution in [2.45, 2.75) is 19.8 Å². The fraction of sp³-hybridized carbons (Fsp3) is 0.222. The minimum absolute atomic E-state index is 0.0396. The predicted octanol–water partition coefficient (Wildman–Crippen LogP) is 4.80. The molecule has 1 atom stereocenters. The maximum absolute atomic E-state index is 15.0. The van der Waals surface area contributed by atoms with E-state index >= 15 is 0 Å². The fourth-order valence-corrected chi connectivity index (χ4v) is 3.13. The van der Waals surface area contributed by atoms with E-state index in [-0.39, 0.29) is 16.1 Å². The molecule has 7 heteroatoms. The van der Waals surface area contributed by atoms with E-state index in [0.717, 1.165) is 0 Å². The molecule has 3 rings (SSSR count). The number of halogens is 3.